The third-order valence-corrected chi connectivity index (χ3v) is 3.11. The summed E-state index contributed by atoms with van der Waals surface area (Å²) < 4.78 is 0. The Hall–Kier alpha value is -0.900. The fourth-order valence-electron chi connectivity index (χ4n) is 1.74. The van der Waals surface area contributed by atoms with E-state index in [1.54, 1.807) is 6.92 Å². The van der Waals surface area contributed by atoms with Gasteiger partial charge in [0.1, 0.15) is 0 Å². The lowest BCUT2D eigenvalue weighted by Crippen LogP contribution is -2.44. The van der Waals surface area contributed by atoms with Gasteiger partial charge in [-0.3, -0.25) is 0 Å². The zero-order valence-electron chi connectivity index (χ0n) is 10.9. The van der Waals surface area contributed by atoms with Crippen LogP contribution in [-0.4, -0.2) is 29.4 Å². The highest BCUT2D eigenvalue weighted by Gasteiger charge is 2.24. The smallest absolute Gasteiger partial charge is 0.0992 e. The molecule has 0 aliphatic heterocycles. The van der Waals surface area contributed by atoms with Crippen LogP contribution in [0.15, 0.2) is 30.3 Å². The van der Waals surface area contributed by atoms with Crippen molar-refractivity contribution in [2.24, 2.45) is 5.92 Å². The highest BCUT2D eigenvalue weighted by molar-refractivity contribution is 5.21. The Labute approximate surface area is 103 Å². The van der Waals surface area contributed by atoms with E-state index in [-0.39, 0.29) is 12.6 Å². The molecule has 17 heavy (non-hydrogen) atoms. The topological polar surface area (TPSA) is 52.5 Å². The molecule has 0 spiro atoms. The molecule has 1 unspecified atom stereocenters. The normalized spacial score (nSPS) is 16.8. The third kappa shape index (κ3) is 4.11. The van der Waals surface area contributed by atoms with Crippen LogP contribution in [-0.2, 0) is 5.60 Å². The first-order chi connectivity index (χ1) is 7.97. The van der Waals surface area contributed by atoms with Crippen LogP contribution >= 0.6 is 0 Å². The van der Waals surface area contributed by atoms with Crippen LogP contribution in [0.1, 0.15) is 26.3 Å². The highest BCUT2D eigenvalue weighted by Crippen LogP contribution is 2.19. The monoisotopic (exact) mass is 237 g/mol. The largest absolute Gasteiger partial charge is 0.395 e. The van der Waals surface area contributed by atoms with Gasteiger partial charge in [-0.2, -0.15) is 0 Å². The van der Waals surface area contributed by atoms with Crippen molar-refractivity contribution in [2.75, 3.05) is 13.2 Å². The van der Waals surface area contributed by atoms with Gasteiger partial charge >= 0.3 is 0 Å². The standard InChI is InChI=1S/C14H23NO2/c1-11(2)13(9-16)15-10-14(3,17)12-7-5-4-6-8-12/h4-8,11,13,15-17H,9-10H2,1-3H3/t13-,14?/m1/s1. The summed E-state index contributed by atoms with van der Waals surface area (Å²) in [4.78, 5) is 0. The molecule has 3 N–H and O–H groups in total. The number of rotatable bonds is 6. The van der Waals surface area contributed by atoms with Crippen molar-refractivity contribution in [1.29, 1.82) is 0 Å². The summed E-state index contributed by atoms with van der Waals surface area (Å²) in [6.07, 6.45) is 0. The van der Waals surface area contributed by atoms with Gasteiger partial charge in [-0.1, -0.05) is 44.2 Å². The summed E-state index contributed by atoms with van der Waals surface area (Å²) in [7, 11) is 0. The zero-order valence-corrected chi connectivity index (χ0v) is 10.9. The van der Waals surface area contributed by atoms with Crippen LogP contribution in [0.2, 0.25) is 0 Å². The van der Waals surface area contributed by atoms with E-state index in [2.05, 4.69) is 5.32 Å². The van der Waals surface area contributed by atoms with Gasteiger partial charge in [0.15, 0.2) is 0 Å². The number of nitrogens with one attached hydrogen (secondary N) is 1. The van der Waals surface area contributed by atoms with Gasteiger partial charge < -0.3 is 15.5 Å². The minimum absolute atomic E-state index is 0.0187. The minimum atomic E-state index is -0.913. The van der Waals surface area contributed by atoms with E-state index >= 15 is 0 Å². The lowest BCUT2D eigenvalue weighted by atomic mass is 9.95. The van der Waals surface area contributed by atoms with Crippen LogP contribution in [0.25, 0.3) is 0 Å². The maximum atomic E-state index is 10.4. The molecule has 0 saturated heterocycles. The number of aliphatic hydroxyl groups is 2. The average molecular weight is 237 g/mol. The number of aliphatic hydroxyl groups excluding tert-OH is 1. The van der Waals surface area contributed by atoms with E-state index in [4.69, 9.17) is 0 Å². The van der Waals surface area contributed by atoms with Gasteiger partial charge in [0.05, 0.1) is 12.2 Å². The second-order valence-corrected chi connectivity index (χ2v) is 5.05. The predicted molar refractivity (Wildman–Crippen MR) is 69.7 cm³/mol. The maximum absolute atomic E-state index is 10.4. The molecule has 0 bridgehead atoms. The van der Waals surface area contributed by atoms with Crippen LogP contribution < -0.4 is 5.32 Å². The van der Waals surface area contributed by atoms with Crippen molar-refractivity contribution in [3.8, 4) is 0 Å². The first kappa shape index (κ1) is 14.2. The van der Waals surface area contributed by atoms with E-state index < -0.39 is 5.60 Å². The minimum Gasteiger partial charge on any atom is -0.395 e. The van der Waals surface area contributed by atoms with Gasteiger partial charge in [-0.05, 0) is 18.4 Å². The average Bonchev–Trinajstić information content (AvgIpc) is 2.30. The number of hydrogen-bond donors (Lipinski definition) is 3. The van der Waals surface area contributed by atoms with Crippen LogP contribution in [0.3, 0.4) is 0 Å². The van der Waals surface area contributed by atoms with Crippen molar-refractivity contribution < 1.29 is 10.2 Å². The lowest BCUT2D eigenvalue weighted by Gasteiger charge is -2.28. The van der Waals surface area contributed by atoms with E-state index in [0.29, 0.717) is 12.5 Å². The second kappa shape index (κ2) is 6.15. The molecule has 0 aliphatic carbocycles. The fourth-order valence-corrected chi connectivity index (χ4v) is 1.74. The Morgan fingerprint density at radius 3 is 2.29 bits per heavy atom. The molecular weight excluding hydrogens is 214 g/mol. The van der Waals surface area contributed by atoms with Gasteiger partial charge in [0.2, 0.25) is 0 Å². The molecule has 0 aromatic heterocycles. The summed E-state index contributed by atoms with van der Waals surface area (Å²) in [6.45, 7) is 6.39. The SMILES string of the molecule is CC(C)[C@@H](CO)NCC(C)(O)c1ccccc1. The quantitative estimate of drug-likeness (QED) is 0.703. The molecule has 1 aromatic rings. The Bertz CT molecular complexity index is 322. The first-order valence-corrected chi connectivity index (χ1v) is 6.09. The van der Waals surface area contributed by atoms with Gasteiger partial charge in [-0.15, -0.1) is 0 Å². The third-order valence-electron chi connectivity index (χ3n) is 3.11. The number of benzene rings is 1. The van der Waals surface area contributed by atoms with Crippen molar-refractivity contribution in [3.63, 3.8) is 0 Å². The van der Waals surface area contributed by atoms with Gasteiger partial charge in [0, 0.05) is 12.6 Å². The number of hydrogen-bond acceptors (Lipinski definition) is 3. The van der Waals surface area contributed by atoms with Gasteiger partial charge in [-0.25, -0.2) is 0 Å². The van der Waals surface area contributed by atoms with E-state index in [1.165, 1.54) is 0 Å². The molecule has 0 saturated carbocycles. The molecule has 0 radical (unpaired) electrons. The van der Waals surface area contributed by atoms with Crippen molar-refractivity contribution in [1.82, 2.24) is 5.32 Å². The zero-order chi connectivity index (χ0) is 12.9. The fraction of sp³-hybridized carbons (Fsp3) is 0.571. The molecule has 0 aliphatic rings. The van der Waals surface area contributed by atoms with Crippen molar-refractivity contribution in [2.45, 2.75) is 32.4 Å². The Morgan fingerprint density at radius 1 is 1.24 bits per heavy atom. The second-order valence-electron chi connectivity index (χ2n) is 5.05. The van der Waals surface area contributed by atoms with Crippen LogP contribution in [0, 0.1) is 5.92 Å². The molecule has 0 heterocycles. The summed E-state index contributed by atoms with van der Waals surface area (Å²) in [5.41, 5.74) is -0.0308. The molecule has 2 atom stereocenters. The molecule has 3 heteroatoms. The molecule has 96 valence electrons. The molecule has 0 amide bonds. The van der Waals surface area contributed by atoms with Crippen LogP contribution in [0.5, 0.6) is 0 Å². The summed E-state index contributed by atoms with van der Waals surface area (Å²) in [6, 6.07) is 9.59. The maximum Gasteiger partial charge on any atom is 0.0992 e. The Balaban J connectivity index is 2.61. The van der Waals surface area contributed by atoms with Crippen molar-refractivity contribution >= 4 is 0 Å². The predicted octanol–water partition coefficient (Wildman–Crippen LogP) is 1.50. The van der Waals surface area contributed by atoms with Gasteiger partial charge in [0.25, 0.3) is 0 Å². The lowest BCUT2D eigenvalue weighted by molar-refractivity contribution is 0.0481. The van der Waals surface area contributed by atoms with Crippen molar-refractivity contribution in [3.05, 3.63) is 35.9 Å². The highest BCUT2D eigenvalue weighted by atomic mass is 16.3. The molecule has 3 nitrogen and oxygen atoms in total. The van der Waals surface area contributed by atoms with Crippen LogP contribution in [0.4, 0.5) is 0 Å². The summed E-state index contributed by atoms with van der Waals surface area (Å²) in [5, 5.41) is 22.8. The molecule has 0 fully saturated rings. The van der Waals surface area contributed by atoms with E-state index in [9.17, 15) is 10.2 Å². The summed E-state index contributed by atoms with van der Waals surface area (Å²) >= 11 is 0. The Kier molecular flexibility index (Phi) is 5.12. The summed E-state index contributed by atoms with van der Waals surface area (Å²) in [5.74, 6) is 0.339. The van der Waals surface area contributed by atoms with E-state index in [0.717, 1.165) is 5.56 Å². The molecule has 1 aromatic carbocycles. The molecule has 1 rings (SSSR count). The molecular formula is C14H23NO2. The first-order valence-electron chi connectivity index (χ1n) is 6.09. The Morgan fingerprint density at radius 2 is 1.82 bits per heavy atom. The van der Waals surface area contributed by atoms with E-state index in [1.807, 2.05) is 44.2 Å².